The van der Waals surface area contributed by atoms with Crippen molar-refractivity contribution in [3.63, 3.8) is 0 Å². The van der Waals surface area contributed by atoms with Gasteiger partial charge in [0.15, 0.2) is 0 Å². The first kappa shape index (κ1) is 20.5. The summed E-state index contributed by atoms with van der Waals surface area (Å²) in [5.41, 5.74) is -3.24. The number of carbonyl (C=O) groups excluding carboxylic acids is 1. The van der Waals surface area contributed by atoms with E-state index in [2.05, 4.69) is 0 Å². The standard InChI is InChI=1S/C20H23F3N2O3/c1-18(2,3)28-17(26)25-15-4-5-16(25)10-19(27,9-15)13-6-12(11-24)7-14(8-13)20(21,22)23/h6-8,15-16,27H,4-5,9-10H2,1-3H3. The van der Waals surface area contributed by atoms with Crippen molar-refractivity contribution in [1.29, 1.82) is 5.26 Å². The number of benzene rings is 1. The zero-order valence-electron chi connectivity index (χ0n) is 16.0. The molecule has 28 heavy (non-hydrogen) atoms. The Morgan fingerprint density at radius 1 is 1.21 bits per heavy atom. The van der Waals surface area contributed by atoms with E-state index in [0.29, 0.717) is 12.8 Å². The molecule has 0 aliphatic carbocycles. The van der Waals surface area contributed by atoms with Gasteiger partial charge in [-0.1, -0.05) is 0 Å². The summed E-state index contributed by atoms with van der Waals surface area (Å²) in [5.74, 6) is 0. The maximum absolute atomic E-state index is 13.2. The number of amides is 1. The third kappa shape index (κ3) is 3.95. The van der Waals surface area contributed by atoms with Crippen LogP contribution in [0.2, 0.25) is 0 Å². The highest BCUT2D eigenvalue weighted by atomic mass is 19.4. The summed E-state index contributed by atoms with van der Waals surface area (Å²) in [6, 6.07) is 4.07. The Hall–Kier alpha value is -2.27. The molecule has 2 bridgehead atoms. The molecule has 2 unspecified atom stereocenters. The van der Waals surface area contributed by atoms with Crippen molar-refractivity contribution in [3.05, 3.63) is 34.9 Å². The molecule has 0 spiro atoms. The lowest BCUT2D eigenvalue weighted by Gasteiger charge is -2.44. The number of halogens is 3. The summed E-state index contributed by atoms with van der Waals surface area (Å²) in [5, 5.41) is 20.3. The quantitative estimate of drug-likeness (QED) is 0.767. The van der Waals surface area contributed by atoms with E-state index in [-0.39, 0.29) is 36.1 Å². The van der Waals surface area contributed by atoms with Crippen LogP contribution in [0.4, 0.5) is 18.0 Å². The monoisotopic (exact) mass is 396 g/mol. The number of hydrogen-bond donors (Lipinski definition) is 1. The first-order valence-corrected chi connectivity index (χ1v) is 9.19. The lowest BCUT2D eigenvalue weighted by atomic mass is 9.79. The van der Waals surface area contributed by atoms with Gasteiger partial charge in [0.25, 0.3) is 0 Å². The Morgan fingerprint density at radius 2 is 1.79 bits per heavy atom. The number of carbonyl (C=O) groups is 1. The van der Waals surface area contributed by atoms with Gasteiger partial charge in [0.05, 0.1) is 22.8 Å². The maximum Gasteiger partial charge on any atom is 0.416 e. The fraction of sp³-hybridized carbons (Fsp3) is 0.600. The number of ether oxygens (including phenoxy) is 1. The third-order valence-corrected chi connectivity index (χ3v) is 5.30. The number of nitrogens with zero attached hydrogens (tertiary/aromatic N) is 2. The molecule has 2 heterocycles. The van der Waals surface area contributed by atoms with Crippen LogP contribution < -0.4 is 0 Å². The second kappa shape index (κ2) is 6.66. The van der Waals surface area contributed by atoms with Gasteiger partial charge in [0, 0.05) is 24.9 Å². The average Bonchev–Trinajstić information content (AvgIpc) is 2.84. The van der Waals surface area contributed by atoms with E-state index in [0.717, 1.165) is 12.1 Å². The van der Waals surface area contributed by atoms with E-state index in [1.54, 1.807) is 31.7 Å². The largest absolute Gasteiger partial charge is 0.444 e. The molecule has 2 aliphatic heterocycles. The van der Waals surface area contributed by atoms with Gasteiger partial charge in [-0.05, 0) is 57.4 Å². The average molecular weight is 396 g/mol. The van der Waals surface area contributed by atoms with Gasteiger partial charge in [-0.3, -0.25) is 0 Å². The Bertz CT molecular complexity index is 809. The fourth-order valence-corrected chi connectivity index (χ4v) is 4.20. The Balaban J connectivity index is 1.91. The molecule has 0 aromatic heterocycles. The Morgan fingerprint density at radius 3 is 2.25 bits per heavy atom. The molecule has 0 radical (unpaired) electrons. The smallest absolute Gasteiger partial charge is 0.416 e. The molecule has 1 amide bonds. The number of fused-ring (bicyclic) bond motifs is 2. The normalized spacial score (nSPS) is 27.4. The highest BCUT2D eigenvalue weighted by molar-refractivity contribution is 5.70. The van der Waals surface area contributed by atoms with E-state index in [1.165, 1.54) is 6.07 Å². The van der Waals surface area contributed by atoms with Crippen molar-refractivity contribution < 1.29 is 27.8 Å². The molecule has 2 saturated heterocycles. The molecule has 2 fully saturated rings. The van der Waals surface area contributed by atoms with Crippen molar-refractivity contribution in [2.75, 3.05) is 0 Å². The molecule has 8 heteroatoms. The lowest BCUT2D eigenvalue weighted by Crippen LogP contribution is -2.53. The third-order valence-electron chi connectivity index (χ3n) is 5.30. The lowest BCUT2D eigenvalue weighted by molar-refractivity contribution is -0.137. The Kier molecular flexibility index (Phi) is 4.87. The topological polar surface area (TPSA) is 73.6 Å². The molecule has 1 N–H and O–H groups in total. The maximum atomic E-state index is 13.2. The van der Waals surface area contributed by atoms with Gasteiger partial charge in [-0.15, -0.1) is 0 Å². The number of nitriles is 1. The minimum atomic E-state index is -4.62. The van der Waals surface area contributed by atoms with Crippen molar-refractivity contribution in [3.8, 4) is 6.07 Å². The minimum absolute atomic E-state index is 0.0691. The van der Waals surface area contributed by atoms with Crippen LogP contribution in [-0.4, -0.2) is 33.8 Å². The molecule has 5 nitrogen and oxygen atoms in total. The first-order valence-electron chi connectivity index (χ1n) is 9.19. The molecule has 152 valence electrons. The summed E-state index contributed by atoms with van der Waals surface area (Å²) in [6.07, 6.45) is -3.58. The number of rotatable bonds is 1. The van der Waals surface area contributed by atoms with Crippen LogP contribution in [0.3, 0.4) is 0 Å². The first-order chi connectivity index (χ1) is 12.8. The SMILES string of the molecule is CC(C)(C)OC(=O)N1C2CCC1CC(O)(c1cc(C#N)cc(C(F)(F)F)c1)C2. The highest BCUT2D eigenvalue weighted by Gasteiger charge is 2.51. The van der Waals surface area contributed by atoms with Crippen LogP contribution in [0.15, 0.2) is 18.2 Å². The zero-order chi connectivity index (χ0) is 20.9. The summed E-state index contributed by atoms with van der Waals surface area (Å²) in [6.45, 7) is 5.29. The summed E-state index contributed by atoms with van der Waals surface area (Å²) in [4.78, 5) is 14.1. The number of alkyl halides is 3. The molecule has 3 rings (SSSR count). The molecule has 1 aromatic rings. The van der Waals surface area contributed by atoms with E-state index in [9.17, 15) is 23.1 Å². The predicted molar refractivity (Wildman–Crippen MR) is 94.2 cm³/mol. The van der Waals surface area contributed by atoms with Gasteiger partial charge >= 0.3 is 12.3 Å². The predicted octanol–water partition coefficient (Wildman–Crippen LogP) is 4.33. The highest BCUT2D eigenvalue weighted by Crippen LogP contribution is 2.47. The molecular weight excluding hydrogens is 373 g/mol. The second-order valence-corrected chi connectivity index (χ2v) is 8.62. The second-order valence-electron chi connectivity index (χ2n) is 8.62. The van der Waals surface area contributed by atoms with Crippen molar-refractivity contribution in [2.24, 2.45) is 0 Å². The summed E-state index contributed by atoms with van der Waals surface area (Å²) < 4.78 is 45.1. The minimum Gasteiger partial charge on any atom is -0.444 e. The zero-order valence-corrected chi connectivity index (χ0v) is 16.0. The van der Waals surface area contributed by atoms with E-state index in [4.69, 9.17) is 10.00 Å². The molecule has 2 aliphatic rings. The van der Waals surface area contributed by atoms with Crippen LogP contribution in [0.25, 0.3) is 0 Å². The van der Waals surface area contributed by atoms with E-state index in [1.807, 2.05) is 0 Å². The van der Waals surface area contributed by atoms with Gasteiger partial charge < -0.3 is 14.7 Å². The van der Waals surface area contributed by atoms with Crippen LogP contribution in [0.1, 0.15) is 63.1 Å². The fourth-order valence-electron chi connectivity index (χ4n) is 4.20. The van der Waals surface area contributed by atoms with E-state index >= 15 is 0 Å². The van der Waals surface area contributed by atoms with Crippen LogP contribution >= 0.6 is 0 Å². The van der Waals surface area contributed by atoms with Crippen molar-refractivity contribution >= 4 is 6.09 Å². The molecule has 2 atom stereocenters. The summed E-state index contributed by atoms with van der Waals surface area (Å²) >= 11 is 0. The van der Waals surface area contributed by atoms with Crippen molar-refractivity contribution in [2.45, 2.75) is 75.9 Å². The molecule has 1 aromatic carbocycles. The van der Waals surface area contributed by atoms with Gasteiger partial charge in [-0.2, -0.15) is 18.4 Å². The molecule has 0 saturated carbocycles. The van der Waals surface area contributed by atoms with Crippen LogP contribution in [-0.2, 0) is 16.5 Å². The van der Waals surface area contributed by atoms with Gasteiger partial charge in [0.2, 0.25) is 0 Å². The van der Waals surface area contributed by atoms with Crippen molar-refractivity contribution in [1.82, 2.24) is 4.90 Å². The number of piperidine rings is 1. The molecular formula is C20H23F3N2O3. The number of aliphatic hydroxyl groups is 1. The van der Waals surface area contributed by atoms with Crippen LogP contribution in [0, 0.1) is 11.3 Å². The van der Waals surface area contributed by atoms with Crippen LogP contribution in [0.5, 0.6) is 0 Å². The van der Waals surface area contributed by atoms with Gasteiger partial charge in [-0.25, -0.2) is 4.79 Å². The van der Waals surface area contributed by atoms with Gasteiger partial charge in [0.1, 0.15) is 5.60 Å². The Labute approximate surface area is 161 Å². The van der Waals surface area contributed by atoms with E-state index < -0.39 is 29.0 Å². The number of hydrogen-bond acceptors (Lipinski definition) is 4. The summed E-state index contributed by atoms with van der Waals surface area (Å²) in [7, 11) is 0.